The summed E-state index contributed by atoms with van der Waals surface area (Å²) in [5.41, 5.74) is 0. The number of carbonyl (C=O) groups is 2. The summed E-state index contributed by atoms with van der Waals surface area (Å²) < 4.78 is 0. The van der Waals surface area contributed by atoms with Crippen LogP contribution in [0.25, 0.3) is 0 Å². The summed E-state index contributed by atoms with van der Waals surface area (Å²) in [4.78, 5) is 28.7. The third-order valence-electron chi connectivity index (χ3n) is 1.02. The van der Waals surface area contributed by atoms with Crippen LogP contribution in [0.15, 0.2) is 0 Å². The van der Waals surface area contributed by atoms with Crippen molar-refractivity contribution < 1.29 is 14.5 Å². The molecule has 10 heavy (non-hydrogen) atoms. The molecule has 0 aliphatic rings. The summed E-state index contributed by atoms with van der Waals surface area (Å²) in [6, 6.07) is 0. The van der Waals surface area contributed by atoms with Gasteiger partial charge in [0, 0.05) is 6.16 Å². The third kappa shape index (κ3) is 3.54. The van der Waals surface area contributed by atoms with E-state index in [-0.39, 0.29) is 11.9 Å². The predicted molar refractivity (Wildman–Crippen MR) is 38.7 cm³/mol. The maximum Gasteiger partial charge on any atom is 0.207 e. The van der Waals surface area contributed by atoms with Crippen LogP contribution in [0, 0.1) is 0 Å². The van der Waals surface area contributed by atoms with Gasteiger partial charge in [0.25, 0.3) is 0 Å². The fourth-order valence-electron chi connectivity index (χ4n) is 0.419. The van der Waals surface area contributed by atoms with Gasteiger partial charge in [0.1, 0.15) is 6.29 Å². The second kappa shape index (κ2) is 5.33. The molecule has 0 saturated heterocycles. The Kier molecular flexibility index (Phi) is 5.08. The number of hydrogen-bond donors (Lipinski definition) is 2. The zero-order chi connectivity index (χ0) is 7.98. The van der Waals surface area contributed by atoms with Crippen molar-refractivity contribution in [1.82, 2.24) is 5.32 Å². The van der Waals surface area contributed by atoms with Gasteiger partial charge in [-0.2, -0.15) is 0 Å². The average molecular weight is 163 g/mol. The van der Waals surface area contributed by atoms with Gasteiger partial charge in [0.2, 0.25) is 6.41 Å². The van der Waals surface area contributed by atoms with Crippen molar-refractivity contribution in [2.24, 2.45) is 0 Å². The van der Waals surface area contributed by atoms with Crippen molar-refractivity contribution in [1.29, 1.82) is 0 Å². The number of nitrogens with one attached hydrogen (secondary N) is 1. The Labute approximate surface area is 60.5 Å². The van der Waals surface area contributed by atoms with E-state index in [1.54, 1.807) is 6.92 Å². The fraction of sp³-hybridized carbons (Fsp3) is 0.600. The molecular formula is C5H10NO3P. The minimum absolute atomic E-state index is 0.122. The SMILES string of the molecule is C[C@H](NC=O)P(O)CC=O. The molecule has 0 fully saturated rings. The lowest BCUT2D eigenvalue weighted by atomic mass is 10.7. The van der Waals surface area contributed by atoms with Gasteiger partial charge in [-0.25, -0.2) is 0 Å². The van der Waals surface area contributed by atoms with E-state index in [1.807, 2.05) is 0 Å². The smallest absolute Gasteiger partial charge is 0.207 e. The third-order valence-corrected chi connectivity index (χ3v) is 2.58. The van der Waals surface area contributed by atoms with Gasteiger partial charge in [-0.3, -0.25) is 4.79 Å². The highest BCUT2D eigenvalue weighted by Crippen LogP contribution is 2.32. The van der Waals surface area contributed by atoms with E-state index in [1.165, 1.54) is 0 Å². The van der Waals surface area contributed by atoms with E-state index in [0.717, 1.165) is 0 Å². The monoisotopic (exact) mass is 163 g/mol. The molecule has 0 bridgehead atoms. The summed E-state index contributed by atoms with van der Waals surface area (Å²) in [6.45, 7) is 1.66. The number of aldehydes is 1. The summed E-state index contributed by atoms with van der Waals surface area (Å²) in [5, 5.41) is 2.37. The molecule has 5 heteroatoms. The topological polar surface area (TPSA) is 66.4 Å². The van der Waals surface area contributed by atoms with Gasteiger partial charge in [0.15, 0.2) is 0 Å². The van der Waals surface area contributed by atoms with Crippen LogP contribution < -0.4 is 5.32 Å². The lowest BCUT2D eigenvalue weighted by Crippen LogP contribution is -2.23. The minimum Gasteiger partial charge on any atom is -0.371 e. The van der Waals surface area contributed by atoms with Crippen LogP contribution in [0.5, 0.6) is 0 Å². The summed E-state index contributed by atoms with van der Waals surface area (Å²) in [6.07, 6.45) is 1.28. The first-order chi connectivity index (χ1) is 4.72. The molecule has 2 atom stereocenters. The Bertz CT molecular complexity index is 105. The van der Waals surface area contributed by atoms with Crippen LogP contribution in [-0.4, -0.2) is 29.5 Å². The first-order valence-corrected chi connectivity index (χ1v) is 4.36. The maximum atomic E-state index is 9.86. The molecular weight excluding hydrogens is 153 g/mol. The van der Waals surface area contributed by atoms with Gasteiger partial charge in [-0.05, 0) is 6.92 Å². The van der Waals surface area contributed by atoms with Crippen LogP contribution in [0.3, 0.4) is 0 Å². The van der Waals surface area contributed by atoms with Crippen molar-refractivity contribution in [3.05, 3.63) is 0 Å². The second-order valence-electron chi connectivity index (χ2n) is 1.75. The predicted octanol–water partition coefficient (Wildman–Crippen LogP) is -0.334. The highest BCUT2D eigenvalue weighted by Gasteiger charge is 2.11. The molecule has 4 nitrogen and oxygen atoms in total. The van der Waals surface area contributed by atoms with E-state index in [4.69, 9.17) is 4.89 Å². The number of amides is 1. The van der Waals surface area contributed by atoms with Gasteiger partial charge in [-0.1, -0.05) is 0 Å². The average Bonchev–Trinajstić information content (AvgIpc) is 1.89. The van der Waals surface area contributed by atoms with E-state index >= 15 is 0 Å². The van der Waals surface area contributed by atoms with Crippen LogP contribution in [0.4, 0.5) is 0 Å². The van der Waals surface area contributed by atoms with E-state index in [0.29, 0.717) is 12.7 Å². The molecule has 0 aromatic heterocycles. The molecule has 1 amide bonds. The molecule has 0 aliphatic heterocycles. The van der Waals surface area contributed by atoms with E-state index in [9.17, 15) is 9.59 Å². The normalized spacial score (nSPS) is 15.4. The van der Waals surface area contributed by atoms with Crippen LogP contribution in [0.2, 0.25) is 0 Å². The van der Waals surface area contributed by atoms with Crippen molar-refractivity contribution in [3.8, 4) is 0 Å². The van der Waals surface area contributed by atoms with Crippen LogP contribution >= 0.6 is 8.15 Å². The Balaban J connectivity index is 3.56. The van der Waals surface area contributed by atoms with Crippen molar-refractivity contribution >= 4 is 20.8 Å². The maximum absolute atomic E-state index is 9.86. The zero-order valence-electron chi connectivity index (χ0n) is 5.65. The lowest BCUT2D eigenvalue weighted by molar-refractivity contribution is -0.110. The van der Waals surface area contributed by atoms with Crippen molar-refractivity contribution in [2.75, 3.05) is 6.16 Å². The fourth-order valence-corrected chi connectivity index (χ4v) is 1.12. The Morgan fingerprint density at radius 1 is 1.70 bits per heavy atom. The van der Waals surface area contributed by atoms with Gasteiger partial charge < -0.3 is 15.0 Å². The van der Waals surface area contributed by atoms with Gasteiger partial charge in [-0.15, -0.1) is 0 Å². The Hall–Kier alpha value is -0.470. The molecule has 0 aromatic rings. The van der Waals surface area contributed by atoms with E-state index < -0.39 is 8.15 Å². The van der Waals surface area contributed by atoms with Crippen molar-refractivity contribution in [2.45, 2.75) is 12.7 Å². The Morgan fingerprint density at radius 2 is 2.30 bits per heavy atom. The molecule has 0 saturated carbocycles. The first-order valence-electron chi connectivity index (χ1n) is 2.81. The minimum atomic E-state index is -1.36. The molecule has 0 rings (SSSR count). The van der Waals surface area contributed by atoms with E-state index in [2.05, 4.69) is 5.32 Å². The highest BCUT2D eigenvalue weighted by molar-refractivity contribution is 7.53. The Morgan fingerprint density at radius 3 is 2.70 bits per heavy atom. The van der Waals surface area contributed by atoms with Gasteiger partial charge >= 0.3 is 0 Å². The van der Waals surface area contributed by atoms with Crippen LogP contribution in [-0.2, 0) is 9.59 Å². The second-order valence-corrected chi connectivity index (χ2v) is 3.77. The first kappa shape index (κ1) is 9.53. The molecule has 0 aromatic carbocycles. The molecule has 0 spiro atoms. The van der Waals surface area contributed by atoms with Crippen LogP contribution in [0.1, 0.15) is 6.92 Å². The molecule has 1 unspecified atom stereocenters. The summed E-state index contributed by atoms with van der Waals surface area (Å²) in [5.74, 6) is -0.294. The van der Waals surface area contributed by atoms with Crippen molar-refractivity contribution in [3.63, 3.8) is 0 Å². The number of rotatable bonds is 5. The largest absolute Gasteiger partial charge is 0.371 e. The highest BCUT2D eigenvalue weighted by atomic mass is 31.1. The molecule has 2 N–H and O–H groups in total. The molecule has 0 radical (unpaired) electrons. The standard InChI is InChI=1S/C5H10NO3P/c1-5(6-4-8)10(9)3-2-7/h2,4-5,9H,3H2,1H3,(H,6,8)/t5-,10?/m1/s1. The molecule has 0 aliphatic carbocycles. The summed E-state index contributed by atoms with van der Waals surface area (Å²) >= 11 is 0. The molecule has 0 heterocycles. The quantitative estimate of drug-likeness (QED) is 0.430. The summed E-state index contributed by atoms with van der Waals surface area (Å²) in [7, 11) is -1.36. The number of hydrogen-bond acceptors (Lipinski definition) is 3. The molecule has 58 valence electrons. The lowest BCUT2D eigenvalue weighted by Gasteiger charge is -2.14. The zero-order valence-corrected chi connectivity index (χ0v) is 6.54. The van der Waals surface area contributed by atoms with Gasteiger partial charge in [0.05, 0.1) is 13.9 Å². The number of carbonyl (C=O) groups excluding carboxylic acids is 2.